The predicted octanol–water partition coefficient (Wildman–Crippen LogP) is 5.35. The Kier molecular flexibility index (Phi) is 5.61. The van der Waals surface area contributed by atoms with Crippen LogP contribution in [-0.4, -0.2) is 23.2 Å². The monoisotopic (exact) mass is 358 g/mol. The molecule has 124 valence electrons. The lowest BCUT2D eigenvalue weighted by Crippen LogP contribution is -2.17. The van der Waals surface area contributed by atoms with Crippen LogP contribution in [0.4, 0.5) is 0 Å². The summed E-state index contributed by atoms with van der Waals surface area (Å²) < 4.78 is 5.86. The Balaban J connectivity index is 1.62. The highest BCUT2D eigenvalue weighted by Gasteiger charge is 2.09. The maximum absolute atomic E-state index is 5.91. The van der Waals surface area contributed by atoms with E-state index in [1.54, 1.807) is 18.0 Å². The van der Waals surface area contributed by atoms with Crippen LogP contribution in [0.25, 0.3) is 11.3 Å². The zero-order chi connectivity index (χ0) is 16.9. The Hall–Kier alpha value is -1.75. The minimum absolute atomic E-state index is 0.665. The number of rotatable bonds is 6. The molecule has 2 aromatic carbocycles. The molecule has 1 aromatic heterocycles. The van der Waals surface area contributed by atoms with E-state index in [4.69, 9.17) is 16.0 Å². The molecule has 0 aliphatic heterocycles. The highest BCUT2D eigenvalue weighted by atomic mass is 35.5. The number of benzene rings is 2. The van der Waals surface area contributed by atoms with Crippen molar-refractivity contribution in [3.63, 3.8) is 0 Å². The number of oxazole rings is 1. The minimum atomic E-state index is 0.665. The molecule has 3 rings (SSSR count). The van der Waals surface area contributed by atoms with Gasteiger partial charge in [-0.3, -0.25) is 4.90 Å². The lowest BCUT2D eigenvalue weighted by molar-refractivity contribution is 0.283. The van der Waals surface area contributed by atoms with Gasteiger partial charge in [-0.2, -0.15) is 0 Å². The minimum Gasteiger partial charge on any atom is -0.439 e. The van der Waals surface area contributed by atoms with Gasteiger partial charge in [-0.05, 0) is 55.3 Å². The number of aromatic nitrogens is 1. The molecule has 0 aliphatic carbocycles. The zero-order valence-electron chi connectivity index (χ0n) is 13.7. The van der Waals surface area contributed by atoms with Crippen molar-refractivity contribution >= 4 is 23.4 Å². The van der Waals surface area contributed by atoms with Gasteiger partial charge in [0.05, 0.1) is 12.7 Å². The van der Waals surface area contributed by atoms with Gasteiger partial charge in [0, 0.05) is 22.0 Å². The molecule has 0 amide bonds. The van der Waals surface area contributed by atoms with E-state index in [9.17, 15) is 0 Å². The van der Waals surface area contributed by atoms with Crippen molar-refractivity contribution < 1.29 is 4.42 Å². The molecule has 1 heterocycles. The first kappa shape index (κ1) is 17.1. The van der Waals surface area contributed by atoms with Crippen LogP contribution < -0.4 is 0 Å². The van der Waals surface area contributed by atoms with Gasteiger partial charge in [-0.15, -0.1) is 11.8 Å². The summed E-state index contributed by atoms with van der Waals surface area (Å²) in [5.74, 6) is 1.47. The smallest absolute Gasteiger partial charge is 0.209 e. The summed E-state index contributed by atoms with van der Waals surface area (Å²) in [5.41, 5.74) is 2.26. The standard InChI is InChI=1S/C19H19ClN2OS/c1-22(12-14-3-9-17(24-2)10-4-14)13-19-21-11-18(23-19)15-5-7-16(20)8-6-15/h3-11H,12-13H2,1-2H3. The summed E-state index contributed by atoms with van der Waals surface area (Å²) in [6.45, 7) is 1.52. The second-order valence-corrected chi connectivity index (χ2v) is 6.96. The van der Waals surface area contributed by atoms with Gasteiger partial charge in [-0.1, -0.05) is 23.7 Å². The summed E-state index contributed by atoms with van der Waals surface area (Å²) in [6, 6.07) is 16.2. The van der Waals surface area contributed by atoms with Crippen LogP contribution in [-0.2, 0) is 13.1 Å². The fourth-order valence-corrected chi connectivity index (χ4v) is 2.99. The summed E-state index contributed by atoms with van der Waals surface area (Å²) in [4.78, 5) is 7.84. The van der Waals surface area contributed by atoms with Gasteiger partial charge in [0.15, 0.2) is 5.76 Å². The predicted molar refractivity (Wildman–Crippen MR) is 100 cm³/mol. The molecule has 0 N–H and O–H groups in total. The fourth-order valence-electron chi connectivity index (χ4n) is 2.46. The molecular formula is C19H19ClN2OS. The van der Waals surface area contributed by atoms with Crippen LogP contribution in [0.2, 0.25) is 5.02 Å². The van der Waals surface area contributed by atoms with Gasteiger partial charge in [0.25, 0.3) is 0 Å². The molecule has 0 aliphatic rings. The van der Waals surface area contributed by atoms with Crippen molar-refractivity contribution in [2.75, 3.05) is 13.3 Å². The van der Waals surface area contributed by atoms with Crippen LogP contribution >= 0.6 is 23.4 Å². The molecule has 24 heavy (non-hydrogen) atoms. The molecule has 0 saturated carbocycles. The molecular weight excluding hydrogens is 340 g/mol. The normalized spacial score (nSPS) is 11.2. The van der Waals surface area contributed by atoms with Crippen LogP contribution in [0, 0.1) is 0 Å². The van der Waals surface area contributed by atoms with Crippen molar-refractivity contribution in [1.29, 1.82) is 0 Å². The summed E-state index contributed by atoms with van der Waals surface area (Å²) in [7, 11) is 2.06. The molecule has 0 unspecified atom stereocenters. The topological polar surface area (TPSA) is 29.3 Å². The Morgan fingerprint density at radius 2 is 1.75 bits per heavy atom. The van der Waals surface area contributed by atoms with Crippen molar-refractivity contribution in [3.05, 3.63) is 71.2 Å². The van der Waals surface area contributed by atoms with Crippen molar-refractivity contribution in [3.8, 4) is 11.3 Å². The molecule has 0 atom stereocenters. The number of thioether (sulfide) groups is 1. The molecule has 0 bridgehead atoms. The molecule has 3 aromatic rings. The fraction of sp³-hybridized carbons (Fsp3) is 0.211. The van der Waals surface area contributed by atoms with E-state index in [0.717, 1.165) is 17.9 Å². The van der Waals surface area contributed by atoms with E-state index in [0.29, 0.717) is 17.5 Å². The van der Waals surface area contributed by atoms with Gasteiger partial charge in [0.1, 0.15) is 0 Å². The number of nitrogens with zero attached hydrogens (tertiary/aromatic N) is 2. The van der Waals surface area contributed by atoms with E-state index >= 15 is 0 Å². The van der Waals surface area contributed by atoms with Crippen LogP contribution in [0.5, 0.6) is 0 Å². The van der Waals surface area contributed by atoms with E-state index in [-0.39, 0.29) is 0 Å². The highest BCUT2D eigenvalue weighted by molar-refractivity contribution is 7.98. The Morgan fingerprint density at radius 3 is 2.42 bits per heavy atom. The van der Waals surface area contributed by atoms with Crippen molar-refractivity contribution in [1.82, 2.24) is 9.88 Å². The van der Waals surface area contributed by atoms with E-state index in [2.05, 4.69) is 47.5 Å². The maximum atomic E-state index is 5.91. The maximum Gasteiger partial charge on any atom is 0.209 e. The number of halogens is 1. The number of hydrogen-bond donors (Lipinski definition) is 0. The van der Waals surface area contributed by atoms with Gasteiger partial charge in [0.2, 0.25) is 5.89 Å². The number of hydrogen-bond acceptors (Lipinski definition) is 4. The lowest BCUT2D eigenvalue weighted by atomic mass is 10.2. The Labute approximate surface area is 151 Å². The molecule has 5 heteroatoms. The van der Waals surface area contributed by atoms with E-state index in [1.165, 1.54) is 10.5 Å². The first-order valence-electron chi connectivity index (χ1n) is 7.66. The second kappa shape index (κ2) is 7.88. The second-order valence-electron chi connectivity index (χ2n) is 5.65. The van der Waals surface area contributed by atoms with Crippen LogP contribution in [0.15, 0.2) is 64.0 Å². The molecule has 0 spiro atoms. The van der Waals surface area contributed by atoms with Gasteiger partial charge < -0.3 is 4.42 Å². The van der Waals surface area contributed by atoms with Crippen molar-refractivity contribution in [2.45, 2.75) is 18.0 Å². The van der Waals surface area contributed by atoms with Crippen LogP contribution in [0.1, 0.15) is 11.5 Å². The average molecular weight is 359 g/mol. The van der Waals surface area contributed by atoms with E-state index < -0.39 is 0 Å². The first-order valence-corrected chi connectivity index (χ1v) is 9.26. The summed E-state index contributed by atoms with van der Waals surface area (Å²) in [6.07, 6.45) is 3.85. The summed E-state index contributed by atoms with van der Waals surface area (Å²) >= 11 is 7.67. The van der Waals surface area contributed by atoms with Crippen LogP contribution in [0.3, 0.4) is 0 Å². The molecule has 3 nitrogen and oxygen atoms in total. The largest absolute Gasteiger partial charge is 0.439 e. The molecule has 0 saturated heterocycles. The first-order chi connectivity index (χ1) is 11.6. The Bertz CT molecular complexity index is 784. The average Bonchev–Trinajstić information content (AvgIpc) is 3.04. The third kappa shape index (κ3) is 4.41. The third-order valence-corrected chi connectivity index (χ3v) is 4.69. The molecule has 0 fully saturated rings. The van der Waals surface area contributed by atoms with Gasteiger partial charge in [-0.25, -0.2) is 4.98 Å². The lowest BCUT2D eigenvalue weighted by Gasteiger charge is -2.14. The zero-order valence-corrected chi connectivity index (χ0v) is 15.3. The van der Waals surface area contributed by atoms with Crippen molar-refractivity contribution in [2.24, 2.45) is 0 Å². The summed E-state index contributed by atoms with van der Waals surface area (Å²) in [5, 5.41) is 0.714. The third-order valence-electron chi connectivity index (χ3n) is 3.70. The SMILES string of the molecule is CSc1ccc(CN(C)Cc2ncc(-c3ccc(Cl)cc3)o2)cc1. The Morgan fingerprint density at radius 1 is 1.04 bits per heavy atom. The molecule has 0 radical (unpaired) electrons. The highest BCUT2D eigenvalue weighted by Crippen LogP contribution is 2.23. The quantitative estimate of drug-likeness (QED) is 0.555. The van der Waals surface area contributed by atoms with E-state index in [1.807, 2.05) is 24.3 Å². The van der Waals surface area contributed by atoms with Gasteiger partial charge >= 0.3 is 0 Å².